The Morgan fingerprint density at radius 1 is 1.11 bits per heavy atom. The number of carbonyl (C=O) groups excluding carboxylic acids is 4. The van der Waals surface area contributed by atoms with Crippen LogP contribution in [0.3, 0.4) is 0 Å². The molecule has 8 heteroatoms. The third kappa shape index (κ3) is 3.22. The van der Waals surface area contributed by atoms with Crippen LogP contribution in [0.2, 0.25) is 0 Å². The van der Waals surface area contributed by atoms with E-state index in [0.717, 1.165) is 29.8 Å². The van der Waals surface area contributed by atoms with Crippen molar-refractivity contribution in [2.75, 3.05) is 6.54 Å². The quantitative estimate of drug-likeness (QED) is 0.631. The van der Waals surface area contributed by atoms with Gasteiger partial charge in [0, 0.05) is 25.0 Å². The number of nitrogens with one attached hydrogen (secondary N) is 3. The van der Waals surface area contributed by atoms with Gasteiger partial charge in [-0.15, -0.1) is 0 Å². The van der Waals surface area contributed by atoms with Gasteiger partial charge >= 0.3 is 0 Å². The Morgan fingerprint density at radius 2 is 1.89 bits per heavy atom. The summed E-state index contributed by atoms with van der Waals surface area (Å²) in [6.45, 7) is 3.76. The minimum Gasteiger partial charge on any atom is -0.312 e. The van der Waals surface area contributed by atoms with E-state index in [9.17, 15) is 19.2 Å². The van der Waals surface area contributed by atoms with Crippen molar-refractivity contribution < 1.29 is 19.2 Å². The fourth-order valence-corrected chi connectivity index (χ4v) is 4.32. The molecule has 28 heavy (non-hydrogen) atoms. The predicted octanol–water partition coefficient (Wildman–Crippen LogP) is 0.318. The van der Waals surface area contributed by atoms with E-state index in [1.807, 2.05) is 6.07 Å². The second-order valence-corrected chi connectivity index (χ2v) is 7.57. The number of nitrogens with zero attached hydrogens (tertiary/aromatic N) is 1. The maximum Gasteiger partial charge on any atom is 0.262 e. The van der Waals surface area contributed by atoms with Crippen LogP contribution in [-0.4, -0.2) is 53.2 Å². The van der Waals surface area contributed by atoms with Crippen LogP contribution in [-0.2, 0) is 16.1 Å². The van der Waals surface area contributed by atoms with Crippen LogP contribution in [0.4, 0.5) is 0 Å². The zero-order valence-electron chi connectivity index (χ0n) is 15.8. The molecule has 1 aromatic carbocycles. The summed E-state index contributed by atoms with van der Waals surface area (Å²) in [5, 5.41) is 9.20. The summed E-state index contributed by atoms with van der Waals surface area (Å²) in [5.74, 6) is -1.91. The average molecular weight is 384 g/mol. The Balaban J connectivity index is 1.49. The fraction of sp³-hybridized carbons (Fsp3) is 0.500. The van der Waals surface area contributed by atoms with Crippen molar-refractivity contribution >= 4 is 23.6 Å². The molecule has 1 unspecified atom stereocenters. The van der Waals surface area contributed by atoms with E-state index < -0.39 is 23.8 Å². The van der Waals surface area contributed by atoms with E-state index >= 15 is 0 Å². The van der Waals surface area contributed by atoms with Gasteiger partial charge in [0.05, 0.1) is 11.1 Å². The van der Waals surface area contributed by atoms with Gasteiger partial charge in [-0.2, -0.15) is 0 Å². The first-order valence-electron chi connectivity index (χ1n) is 9.81. The Hall–Kier alpha value is -2.58. The molecular weight excluding hydrogens is 360 g/mol. The zero-order valence-corrected chi connectivity index (χ0v) is 15.8. The minimum absolute atomic E-state index is 0.118. The fourth-order valence-electron chi connectivity index (χ4n) is 4.32. The molecule has 2 saturated heterocycles. The van der Waals surface area contributed by atoms with Crippen LogP contribution in [0.5, 0.6) is 0 Å². The molecule has 0 spiro atoms. The van der Waals surface area contributed by atoms with Crippen LogP contribution in [0.15, 0.2) is 18.2 Å². The first-order valence-corrected chi connectivity index (χ1v) is 9.81. The summed E-state index contributed by atoms with van der Waals surface area (Å²) >= 11 is 0. The Morgan fingerprint density at radius 3 is 2.64 bits per heavy atom. The van der Waals surface area contributed by atoms with Crippen LogP contribution < -0.4 is 16.0 Å². The molecule has 4 amide bonds. The Kier molecular flexibility index (Phi) is 4.99. The van der Waals surface area contributed by atoms with E-state index in [4.69, 9.17) is 0 Å². The normalized spacial score (nSPS) is 27.3. The number of rotatable bonds is 5. The molecule has 3 aliphatic rings. The van der Waals surface area contributed by atoms with E-state index in [0.29, 0.717) is 29.8 Å². The number of hydrogen-bond acceptors (Lipinski definition) is 6. The standard InChI is InChI=1S/C20H24N4O4/c1-2-14-15(7-8-21-14)22-10-11-3-4-12-13(9-11)20(28)24(19(12)27)16-5-6-17(25)23-18(16)26/h3-4,9,14-16,21-22H,2,5-8,10H2,1H3,(H,23,25,26)/t14-,15+,16?/m0/s1. The molecule has 0 saturated carbocycles. The van der Waals surface area contributed by atoms with Crippen molar-refractivity contribution in [3.63, 3.8) is 0 Å². The molecule has 148 valence electrons. The number of benzene rings is 1. The maximum atomic E-state index is 12.9. The third-order valence-corrected chi connectivity index (χ3v) is 5.86. The summed E-state index contributed by atoms with van der Waals surface area (Å²) in [5.41, 5.74) is 1.56. The van der Waals surface area contributed by atoms with Crippen molar-refractivity contribution in [1.29, 1.82) is 0 Å². The highest BCUT2D eigenvalue weighted by Crippen LogP contribution is 2.28. The lowest BCUT2D eigenvalue weighted by molar-refractivity contribution is -0.136. The van der Waals surface area contributed by atoms with Crippen molar-refractivity contribution in [2.24, 2.45) is 0 Å². The molecule has 3 heterocycles. The highest BCUT2D eigenvalue weighted by Gasteiger charge is 2.44. The Bertz CT molecular complexity index is 853. The van der Waals surface area contributed by atoms with Gasteiger partial charge in [0.2, 0.25) is 11.8 Å². The van der Waals surface area contributed by atoms with Crippen LogP contribution >= 0.6 is 0 Å². The summed E-state index contributed by atoms with van der Waals surface area (Å²) in [4.78, 5) is 50.0. The lowest BCUT2D eigenvalue weighted by Crippen LogP contribution is -2.54. The second kappa shape index (κ2) is 7.44. The van der Waals surface area contributed by atoms with Gasteiger partial charge in [0.25, 0.3) is 11.8 Å². The summed E-state index contributed by atoms with van der Waals surface area (Å²) in [6, 6.07) is 5.13. The van der Waals surface area contributed by atoms with E-state index in [-0.39, 0.29) is 18.7 Å². The van der Waals surface area contributed by atoms with E-state index in [2.05, 4.69) is 22.9 Å². The number of piperidine rings is 1. The lowest BCUT2D eigenvalue weighted by atomic mass is 10.0. The van der Waals surface area contributed by atoms with Gasteiger partial charge in [0.1, 0.15) is 6.04 Å². The molecule has 8 nitrogen and oxygen atoms in total. The monoisotopic (exact) mass is 384 g/mol. The molecule has 0 aliphatic carbocycles. The van der Waals surface area contributed by atoms with Crippen LogP contribution in [0.1, 0.15) is 58.9 Å². The van der Waals surface area contributed by atoms with Crippen molar-refractivity contribution in [3.8, 4) is 0 Å². The van der Waals surface area contributed by atoms with E-state index in [1.165, 1.54) is 0 Å². The van der Waals surface area contributed by atoms with Gasteiger partial charge in [-0.1, -0.05) is 13.0 Å². The Labute approximate surface area is 163 Å². The molecule has 3 atom stereocenters. The number of hydrogen-bond donors (Lipinski definition) is 3. The molecular formula is C20H24N4O4. The minimum atomic E-state index is -0.929. The molecule has 4 rings (SSSR count). The number of amides is 4. The van der Waals surface area contributed by atoms with Crippen LogP contribution in [0, 0.1) is 0 Å². The predicted molar refractivity (Wildman–Crippen MR) is 100 cm³/mol. The molecule has 2 fully saturated rings. The number of imide groups is 2. The van der Waals surface area contributed by atoms with Crippen molar-refractivity contribution in [2.45, 2.75) is 57.3 Å². The van der Waals surface area contributed by atoms with Crippen molar-refractivity contribution in [3.05, 3.63) is 34.9 Å². The van der Waals surface area contributed by atoms with Gasteiger partial charge < -0.3 is 10.6 Å². The third-order valence-electron chi connectivity index (χ3n) is 5.86. The second-order valence-electron chi connectivity index (χ2n) is 7.57. The summed E-state index contributed by atoms with van der Waals surface area (Å²) in [6.07, 6.45) is 2.39. The molecule has 3 aliphatic heterocycles. The maximum absolute atomic E-state index is 12.9. The smallest absolute Gasteiger partial charge is 0.262 e. The van der Waals surface area contributed by atoms with Crippen molar-refractivity contribution in [1.82, 2.24) is 20.9 Å². The molecule has 0 bridgehead atoms. The highest BCUT2D eigenvalue weighted by atomic mass is 16.2. The topological polar surface area (TPSA) is 108 Å². The van der Waals surface area contributed by atoms with Gasteiger partial charge in [-0.25, -0.2) is 0 Å². The summed E-state index contributed by atoms with van der Waals surface area (Å²) in [7, 11) is 0. The lowest BCUT2D eigenvalue weighted by Gasteiger charge is -2.27. The first kappa shape index (κ1) is 18.8. The molecule has 1 aromatic rings. The first-order chi connectivity index (χ1) is 13.5. The SMILES string of the molecule is CC[C@@H]1NCC[C@H]1NCc1ccc2c(c1)C(=O)N(C1CCC(=O)NC1=O)C2=O. The van der Waals surface area contributed by atoms with Gasteiger partial charge in [-0.3, -0.25) is 29.4 Å². The van der Waals surface area contributed by atoms with E-state index in [1.54, 1.807) is 12.1 Å². The average Bonchev–Trinajstić information content (AvgIpc) is 3.23. The molecule has 0 radical (unpaired) electrons. The largest absolute Gasteiger partial charge is 0.312 e. The number of carbonyl (C=O) groups is 4. The summed E-state index contributed by atoms with van der Waals surface area (Å²) < 4.78 is 0. The van der Waals surface area contributed by atoms with Crippen LogP contribution in [0.25, 0.3) is 0 Å². The highest BCUT2D eigenvalue weighted by molar-refractivity contribution is 6.23. The van der Waals surface area contributed by atoms with Gasteiger partial charge in [0.15, 0.2) is 0 Å². The molecule has 3 N–H and O–H groups in total. The zero-order chi connectivity index (χ0) is 19.8. The van der Waals surface area contributed by atoms with Gasteiger partial charge in [-0.05, 0) is 43.5 Å². The molecule has 0 aromatic heterocycles. The number of fused-ring (bicyclic) bond motifs is 1.